The van der Waals surface area contributed by atoms with Gasteiger partial charge in [-0.1, -0.05) is 33.8 Å². The van der Waals surface area contributed by atoms with Gasteiger partial charge in [0.05, 0.1) is 6.10 Å². The van der Waals surface area contributed by atoms with Gasteiger partial charge in [-0.2, -0.15) is 0 Å². The molecule has 150 valence electrons. The van der Waals surface area contributed by atoms with E-state index in [4.69, 9.17) is 4.43 Å². The van der Waals surface area contributed by atoms with Gasteiger partial charge in [0.1, 0.15) is 5.75 Å². The molecule has 0 amide bonds. The summed E-state index contributed by atoms with van der Waals surface area (Å²) in [5, 5.41) is 10.2. The molecule has 3 aliphatic rings. The third kappa shape index (κ3) is 3.09. The van der Waals surface area contributed by atoms with Crippen LogP contribution in [0.25, 0.3) is 0 Å². The van der Waals surface area contributed by atoms with Crippen LogP contribution in [-0.2, 0) is 10.8 Å². The quantitative estimate of drug-likeness (QED) is 0.577. The van der Waals surface area contributed by atoms with Crippen LogP contribution in [0.2, 0.25) is 18.1 Å². The van der Waals surface area contributed by atoms with Gasteiger partial charge in [-0.05, 0) is 103 Å². The molecule has 0 aliphatic heterocycles. The monoisotopic (exact) mass is 386 g/mol. The number of aromatic hydroxyl groups is 1. The van der Waals surface area contributed by atoms with Crippen molar-refractivity contribution in [1.82, 2.24) is 0 Å². The topological polar surface area (TPSA) is 29.5 Å². The lowest BCUT2D eigenvalue weighted by Crippen LogP contribution is -2.50. The summed E-state index contributed by atoms with van der Waals surface area (Å²) in [4.78, 5) is 0. The third-order valence-electron chi connectivity index (χ3n) is 8.87. The molecule has 0 aromatic heterocycles. The maximum atomic E-state index is 9.87. The van der Waals surface area contributed by atoms with Crippen molar-refractivity contribution < 1.29 is 9.53 Å². The molecular weight excluding hydrogens is 348 g/mol. The van der Waals surface area contributed by atoms with Crippen LogP contribution in [0.5, 0.6) is 5.75 Å². The molecule has 1 unspecified atom stereocenters. The van der Waals surface area contributed by atoms with Crippen molar-refractivity contribution in [2.75, 3.05) is 0 Å². The zero-order valence-corrected chi connectivity index (χ0v) is 19.1. The van der Waals surface area contributed by atoms with Crippen LogP contribution in [0.1, 0.15) is 76.8 Å². The summed E-state index contributed by atoms with van der Waals surface area (Å²) in [5.41, 5.74) is 3.28. The number of hydrogen-bond acceptors (Lipinski definition) is 2. The van der Waals surface area contributed by atoms with Crippen LogP contribution in [0.4, 0.5) is 0 Å². The van der Waals surface area contributed by atoms with E-state index >= 15 is 0 Å². The molecule has 0 bridgehead atoms. The van der Waals surface area contributed by atoms with Crippen LogP contribution in [-0.4, -0.2) is 19.5 Å². The fourth-order valence-corrected chi connectivity index (χ4v) is 7.70. The molecule has 0 spiro atoms. The standard InChI is InChI=1S/C24H38O2Si/c1-23(2,3)27(5,6)26-22-12-11-21-20-9-7-16-15-17(25)8-10-18(16)19(20)13-14-24(21,22)4/h8,10,15,19-22,25H,7,9,11-14H2,1-6H3/t19-,20-,21+,22?,24+/m1/s1. The first-order valence-electron chi connectivity index (χ1n) is 11.0. The minimum absolute atomic E-state index is 0.282. The van der Waals surface area contributed by atoms with Gasteiger partial charge in [0.2, 0.25) is 0 Å². The number of benzene rings is 1. The fraction of sp³-hybridized carbons (Fsp3) is 0.750. The second-order valence-electron chi connectivity index (χ2n) is 11.3. The third-order valence-corrected chi connectivity index (χ3v) is 13.4. The van der Waals surface area contributed by atoms with E-state index in [0.29, 0.717) is 23.2 Å². The molecule has 0 saturated heterocycles. The molecule has 0 radical (unpaired) electrons. The Bertz CT molecular complexity index is 720. The number of aryl methyl sites for hydroxylation is 1. The summed E-state index contributed by atoms with van der Waals surface area (Å²) in [7, 11) is -1.73. The zero-order chi connectivity index (χ0) is 19.6. The maximum absolute atomic E-state index is 9.87. The van der Waals surface area contributed by atoms with Crippen molar-refractivity contribution >= 4 is 8.32 Å². The Morgan fingerprint density at radius 3 is 2.56 bits per heavy atom. The Kier molecular flexibility index (Phi) is 4.59. The van der Waals surface area contributed by atoms with Crippen molar-refractivity contribution in [3.8, 4) is 5.75 Å². The summed E-state index contributed by atoms with van der Waals surface area (Å²) >= 11 is 0. The highest BCUT2D eigenvalue weighted by atomic mass is 28.4. The molecule has 3 heteroatoms. The molecule has 2 fully saturated rings. The van der Waals surface area contributed by atoms with Gasteiger partial charge < -0.3 is 9.53 Å². The Labute approximate surface area is 166 Å². The molecule has 1 aromatic rings. The molecule has 3 aliphatic carbocycles. The predicted octanol–water partition coefficient (Wildman–Crippen LogP) is 6.64. The number of rotatable bonds is 2. The van der Waals surface area contributed by atoms with E-state index in [0.717, 1.165) is 18.3 Å². The normalized spacial score (nSPS) is 36.1. The number of phenols is 1. The molecule has 0 heterocycles. The number of fused-ring (bicyclic) bond motifs is 5. The maximum Gasteiger partial charge on any atom is 0.192 e. The van der Waals surface area contributed by atoms with Crippen LogP contribution in [0.15, 0.2) is 18.2 Å². The van der Waals surface area contributed by atoms with Crippen molar-refractivity contribution in [2.45, 2.75) is 96.4 Å². The molecule has 2 nitrogen and oxygen atoms in total. The summed E-state index contributed by atoms with van der Waals surface area (Å²) in [6.07, 6.45) is 8.03. The largest absolute Gasteiger partial charge is 0.508 e. The summed E-state index contributed by atoms with van der Waals surface area (Å²) < 4.78 is 7.01. The Morgan fingerprint density at radius 1 is 1.11 bits per heavy atom. The average molecular weight is 387 g/mol. The van der Waals surface area contributed by atoms with E-state index in [2.05, 4.69) is 46.9 Å². The minimum Gasteiger partial charge on any atom is -0.508 e. The fourth-order valence-electron chi connectivity index (χ4n) is 6.25. The number of hydrogen-bond donors (Lipinski definition) is 1. The van der Waals surface area contributed by atoms with E-state index in [-0.39, 0.29) is 5.04 Å². The van der Waals surface area contributed by atoms with E-state index in [1.807, 2.05) is 12.1 Å². The van der Waals surface area contributed by atoms with Crippen molar-refractivity contribution in [3.05, 3.63) is 29.3 Å². The smallest absolute Gasteiger partial charge is 0.192 e. The minimum atomic E-state index is -1.73. The predicted molar refractivity (Wildman–Crippen MR) is 115 cm³/mol. The van der Waals surface area contributed by atoms with Crippen molar-refractivity contribution in [3.63, 3.8) is 0 Å². The molecular formula is C24H38O2Si. The summed E-state index contributed by atoms with van der Waals surface area (Å²) in [6.45, 7) is 14.5. The molecule has 27 heavy (non-hydrogen) atoms. The van der Waals surface area contributed by atoms with Crippen molar-refractivity contribution in [1.29, 1.82) is 0 Å². The van der Waals surface area contributed by atoms with Gasteiger partial charge in [-0.15, -0.1) is 0 Å². The first-order chi connectivity index (χ1) is 12.5. The molecule has 1 aromatic carbocycles. The Hall–Kier alpha value is -0.803. The Morgan fingerprint density at radius 2 is 1.85 bits per heavy atom. The van der Waals surface area contributed by atoms with Crippen LogP contribution >= 0.6 is 0 Å². The molecule has 5 atom stereocenters. The van der Waals surface area contributed by atoms with Gasteiger partial charge in [0.25, 0.3) is 0 Å². The highest BCUT2D eigenvalue weighted by molar-refractivity contribution is 6.74. The average Bonchev–Trinajstić information content (AvgIpc) is 2.89. The van der Waals surface area contributed by atoms with E-state index in [1.165, 1.54) is 43.2 Å². The lowest BCUT2D eigenvalue weighted by atomic mass is 9.55. The van der Waals surface area contributed by atoms with E-state index in [1.54, 1.807) is 0 Å². The van der Waals surface area contributed by atoms with Gasteiger partial charge >= 0.3 is 0 Å². The van der Waals surface area contributed by atoms with Gasteiger partial charge in [-0.3, -0.25) is 0 Å². The summed E-state index contributed by atoms with van der Waals surface area (Å²) in [5.74, 6) is 2.72. The second-order valence-corrected chi connectivity index (χ2v) is 16.0. The highest BCUT2D eigenvalue weighted by Gasteiger charge is 2.56. The number of phenolic OH excluding ortho intramolecular Hbond substituents is 1. The lowest BCUT2D eigenvalue weighted by molar-refractivity contribution is -0.0165. The van der Waals surface area contributed by atoms with E-state index < -0.39 is 8.32 Å². The zero-order valence-electron chi connectivity index (χ0n) is 18.1. The van der Waals surface area contributed by atoms with Gasteiger partial charge in [0, 0.05) is 0 Å². The second kappa shape index (κ2) is 6.35. The van der Waals surface area contributed by atoms with Crippen LogP contribution < -0.4 is 0 Å². The Balaban J connectivity index is 1.58. The van der Waals surface area contributed by atoms with Crippen molar-refractivity contribution in [2.24, 2.45) is 17.3 Å². The van der Waals surface area contributed by atoms with E-state index in [9.17, 15) is 5.11 Å². The van der Waals surface area contributed by atoms with Crippen LogP contribution in [0.3, 0.4) is 0 Å². The highest BCUT2D eigenvalue weighted by Crippen LogP contribution is 2.62. The molecule has 4 rings (SSSR count). The SMILES string of the molecule is CC(C)(C)[Si](C)(C)OC1CC[C@H]2[C@@H]3CCc4cc(O)ccc4[C@H]3CC[C@]12C. The first kappa shape index (κ1) is 19.5. The molecule has 1 N–H and O–H groups in total. The van der Waals surface area contributed by atoms with Gasteiger partial charge in [-0.25, -0.2) is 0 Å². The first-order valence-corrected chi connectivity index (χ1v) is 13.9. The molecule has 2 saturated carbocycles. The summed E-state index contributed by atoms with van der Waals surface area (Å²) in [6, 6.07) is 6.12. The van der Waals surface area contributed by atoms with Crippen LogP contribution in [0, 0.1) is 17.3 Å². The van der Waals surface area contributed by atoms with Gasteiger partial charge in [0.15, 0.2) is 8.32 Å². The lowest BCUT2D eigenvalue weighted by Gasteiger charge is -2.52.